The quantitative estimate of drug-likeness (QED) is 0.608. The number of hydrogen-bond donors (Lipinski definition) is 0. The Morgan fingerprint density at radius 1 is 0.862 bits per heavy atom. The molecular weight excluding hydrogens is 366 g/mol. The van der Waals surface area contributed by atoms with Crippen molar-refractivity contribution in [1.29, 1.82) is 0 Å². The van der Waals surface area contributed by atoms with Crippen molar-refractivity contribution in [2.24, 2.45) is 0 Å². The molecule has 5 nitrogen and oxygen atoms in total. The third-order valence-corrected chi connectivity index (χ3v) is 4.89. The van der Waals surface area contributed by atoms with Gasteiger partial charge < -0.3 is 19.1 Å². The molecule has 0 unspecified atom stereocenters. The van der Waals surface area contributed by atoms with Gasteiger partial charge in [-0.05, 0) is 41.0 Å². The zero-order chi connectivity index (χ0) is 20.1. The lowest BCUT2D eigenvalue weighted by Crippen LogP contribution is -2.31. The van der Waals surface area contributed by atoms with Crippen molar-refractivity contribution in [1.82, 2.24) is 4.90 Å². The van der Waals surface area contributed by atoms with Crippen LogP contribution in [0.1, 0.15) is 16.7 Å². The SMILES string of the molecule is COc1ccc(CN(Cc2ccc3c(c2)OCO3)C(=O)Cc2ccccc2)cc1. The van der Waals surface area contributed by atoms with Crippen molar-refractivity contribution in [2.45, 2.75) is 19.5 Å². The molecule has 0 fully saturated rings. The summed E-state index contributed by atoms with van der Waals surface area (Å²) >= 11 is 0. The molecule has 1 aliphatic rings. The highest BCUT2D eigenvalue weighted by Crippen LogP contribution is 2.33. The van der Waals surface area contributed by atoms with E-state index in [-0.39, 0.29) is 12.7 Å². The average molecular weight is 389 g/mol. The van der Waals surface area contributed by atoms with Crippen LogP contribution < -0.4 is 14.2 Å². The topological polar surface area (TPSA) is 48.0 Å². The Bertz CT molecular complexity index is 970. The van der Waals surface area contributed by atoms with E-state index in [1.54, 1.807) is 7.11 Å². The van der Waals surface area contributed by atoms with E-state index in [1.807, 2.05) is 77.7 Å². The molecule has 0 radical (unpaired) electrons. The van der Waals surface area contributed by atoms with Crippen LogP contribution in [0.4, 0.5) is 0 Å². The van der Waals surface area contributed by atoms with E-state index in [2.05, 4.69) is 0 Å². The molecule has 3 aromatic carbocycles. The highest BCUT2D eigenvalue weighted by atomic mass is 16.7. The van der Waals surface area contributed by atoms with E-state index in [0.717, 1.165) is 33.9 Å². The Morgan fingerprint density at radius 2 is 1.55 bits per heavy atom. The fourth-order valence-electron chi connectivity index (χ4n) is 3.33. The minimum atomic E-state index is 0.0738. The zero-order valence-electron chi connectivity index (χ0n) is 16.3. The number of hydrogen-bond acceptors (Lipinski definition) is 4. The van der Waals surface area contributed by atoms with Gasteiger partial charge in [0, 0.05) is 13.1 Å². The number of ether oxygens (including phenoxy) is 3. The number of methoxy groups -OCH3 is 1. The van der Waals surface area contributed by atoms with Gasteiger partial charge in [0.25, 0.3) is 0 Å². The van der Waals surface area contributed by atoms with Gasteiger partial charge in [0.05, 0.1) is 13.5 Å². The van der Waals surface area contributed by atoms with Crippen LogP contribution in [-0.2, 0) is 24.3 Å². The molecule has 0 saturated heterocycles. The molecule has 29 heavy (non-hydrogen) atoms. The second kappa shape index (κ2) is 8.69. The summed E-state index contributed by atoms with van der Waals surface area (Å²) < 4.78 is 16.1. The van der Waals surface area contributed by atoms with Crippen LogP contribution in [0.2, 0.25) is 0 Å². The zero-order valence-corrected chi connectivity index (χ0v) is 16.3. The molecule has 0 bridgehead atoms. The highest BCUT2D eigenvalue weighted by molar-refractivity contribution is 5.78. The lowest BCUT2D eigenvalue weighted by molar-refractivity contribution is -0.131. The average Bonchev–Trinajstić information content (AvgIpc) is 3.22. The summed E-state index contributed by atoms with van der Waals surface area (Å²) in [7, 11) is 1.64. The van der Waals surface area contributed by atoms with Crippen LogP contribution in [0.3, 0.4) is 0 Å². The third kappa shape index (κ3) is 4.69. The predicted octanol–water partition coefficient (Wildman–Crippen LogP) is 4.20. The summed E-state index contributed by atoms with van der Waals surface area (Å²) in [5.74, 6) is 2.34. The van der Waals surface area contributed by atoms with Gasteiger partial charge in [-0.3, -0.25) is 4.79 Å². The molecule has 148 valence electrons. The van der Waals surface area contributed by atoms with Gasteiger partial charge in [-0.1, -0.05) is 48.5 Å². The molecule has 0 saturated carbocycles. The highest BCUT2D eigenvalue weighted by Gasteiger charge is 2.18. The largest absolute Gasteiger partial charge is 0.497 e. The second-order valence-electron chi connectivity index (χ2n) is 6.95. The van der Waals surface area contributed by atoms with Gasteiger partial charge in [0.15, 0.2) is 11.5 Å². The number of nitrogens with zero attached hydrogens (tertiary/aromatic N) is 1. The third-order valence-electron chi connectivity index (χ3n) is 4.89. The molecule has 4 rings (SSSR count). The molecular formula is C24H23NO4. The standard InChI is InChI=1S/C24H23NO4/c1-27-21-10-7-19(8-11-21)15-25(24(26)14-18-5-3-2-4-6-18)16-20-9-12-22-23(13-20)29-17-28-22/h2-13H,14-17H2,1H3. The van der Waals surface area contributed by atoms with E-state index in [1.165, 1.54) is 0 Å². The Morgan fingerprint density at radius 3 is 2.31 bits per heavy atom. The molecule has 1 heterocycles. The molecule has 0 atom stereocenters. The van der Waals surface area contributed by atoms with Gasteiger partial charge >= 0.3 is 0 Å². The predicted molar refractivity (Wildman–Crippen MR) is 110 cm³/mol. The maximum atomic E-state index is 13.1. The monoisotopic (exact) mass is 389 g/mol. The van der Waals surface area contributed by atoms with E-state index >= 15 is 0 Å². The summed E-state index contributed by atoms with van der Waals surface area (Å²) in [6.07, 6.45) is 0.363. The van der Waals surface area contributed by atoms with Crippen LogP contribution in [-0.4, -0.2) is 24.7 Å². The smallest absolute Gasteiger partial charge is 0.231 e. The Kier molecular flexibility index (Phi) is 5.66. The van der Waals surface area contributed by atoms with E-state index in [9.17, 15) is 4.79 Å². The summed E-state index contributed by atoms with van der Waals surface area (Å²) in [6.45, 7) is 1.25. The fraction of sp³-hybridized carbons (Fsp3) is 0.208. The fourth-order valence-corrected chi connectivity index (χ4v) is 3.33. The molecule has 1 amide bonds. The number of rotatable bonds is 7. The van der Waals surface area contributed by atoms with Gasteiger partial charge in [0.1, 0.15) is 5.75 Å². The molecule has 5 heteroatoms. The first-order chi connectivity index (χ1) is 14.2. The molecule has 3 aromatic rings. The number of carbonyl (C=O) groups excluding carboxylic acids is 1. The number of carbonyl (C=O) groups is 1. The van der Waals surface area contributed by atoms with Crippen molar-refractivity contribution in [2.75, 3.05) is 13.9 Å². The van der Waals surface area contributed by atoms with Gasteiger partial charge in [-0.2, -0.15) is 0 Å². The first-order valence-electron chi connectivity index (χ1n) is 9.54. The van der Waals surface area contributed by atoms with Crippen LogP contribution >= 0.6 is 0 Å². The minimum Gasteiger partial charge on any atom is -0.497 e. The van der Waals surface area contributed by atoms with Crippen molar-refractivity contribution in [3.05, 3.63) is 89.5 Å². The molecule has 0 aliphatic carbocycles. The van der Waals surface area contributed by atoms with Crippen molar-refractivity contribution in [3.63, 3.8) is 0 Å². The molecule has 1 aliphatic heterocycles. The minimum absolute atomic E-state index is 0.0738. The van der Waals surface area contributed by atoms with Crippen molar-refractivity contribution < 1.29 is 19.0 Å². The van der Waals surface area contributed by atoms with Crippen LogP contribution in [0.25, 0.3) is 0 Å². The molecule has 0 aromatic heterocycles. The Labute approximate surface area is 170 Å². The van der Waals surface area contributed by atoms with Gasteiger partial charge in [-0.15, -0.1) is 0 Å². The molecule has 0 spiro atoms. The first kappa shape index (κ1) is 18.9. The number of fused-ring (bicyclic) bond motifs is 1. The van der Waals surface area contributed by atoms with E-state index in [4.69, 9.17) is 14.2 Å². The maximum Gasteiger partial charge on any atom is 0.231 e. The normalized spacial score (nSPS) is 11.9. The Balaban J connectivity index is 1.54. The second-order valence-corrected chi connectivity index (χ2v) is 6.95. The summed E-state index contributed by atoms with van der Waals surface area (Å²) in [6, 6.07) is 23.4. The number of benzene rings is 3. The van der Waals surface area contributed by atoms with Crippen LogP contribution in [0.15, 0.2) is 72.8 Å². The first-order valence-corrected chi connectivity index (χ1v) is 9.54. The van der Waals surface area contributed by atoms with E-state index < -0.39 is 0 Å². The van der Waals surface area contributed by atoms with E-state index in [0.29, 0.717) is 19.5 Å². The van der Waals surface area contributed by atoms with Crippen molar-refractivity contribution in [3.8, 4) is 17.2 Å². The van der Waals surface area contributed by atoms with Crippen LogP contribution in [0.5, 0.6) is 17.2 Å². The number of amides is 1. The lowest BCUT2D eigenvalue weighted by Gasteiger charge is -2.23. The lowest BCUT2D eigenvalue weighted by atomic mass is 10.1. The van der Waals surface area contributed by atoms with Gasteiger partial charge in [-0.25, -0.2) is 0 Å². The molecule has 0 N–H and O–H groups in total. The van der Waals surface area contributed by atoms with Gasteiger partial charge in [0.2, 0.25) is 12.7 Å². The summed E-state index contributed by atoms with van der Waals surface area (Å²) in [4.78, 5) is 15.0. The Hall–Kier alpha value is -3.47. The maximum absolute atomic E-state index is 13.1. The summed E-state index contributed by atoms with van der Waals surface area (Å²) in [5, 5.41) is 0. The summed E-state index contributed by atoms with van der Waals surface area (Å²) in [5.41, 5.74) is 3.06. The van der Waals surface area contributed by atoms with Crippen LogP contribution in [0, 0.1) is 0 Å². The van der Waals surface area contributed by atoms with Crippen molar-refractivity contribution >= 4 is 5.91 Å².